The number of rotatable bonds is 6. The fraction of sp³-hybridized carbons (Fsp3) is 0.192. The Hall–Kier alpha value is -3.64. The SMILES string of the molecule is COc1cc(/C=N\NC(=O)c2ccc(C(C)(C)C)cc2)ccc1OC(=O)c1ccccc1Cl. The molecule has 0 unspecified atom stereocenters. The first-order valence-corrected chi connectivity index (χ1v) is 10.7. The molecule has 0 bridgehead atoms. The molecule has 0 fully saturated rings. The minimum atomic E-state index is -0.593. The molecule has 0 radical (unpaired) electrons. The molecule has 3 aromatic carbocycles. The summed E-state index contributed by atoms with van der Waals surface area (Å²) in [5.41, 5.74) is 5.08. The number of esters is 1. The Morgan fingerprint density at radius 3 is 2.30 bits per heavy atom. The molecule has 0 aliphatic rings. The maximum Gasteiger partial charge on any atom is 0.345 e. The number of hydrogen-bond acceptors (Lipinski definition) is 5. The van der Waals surface area contributed by atoms with E-state index in [4.69, 9.17) is 21.1 Å². The van der Waals surface area contributed by atoms with Gasteiger partial charge >= 0.3 is 5.97 Å². The smallest absolute Gasteiger partial charge is 0.345 e. The van der Waals surface area contributed by atoms with Crippen molar-refractivity contribution in [3.8, 4) is 11.5 Å². The van der Waals surface area contributed by atoms with E-state index in [0.717, 1.165) is 5.56 Å². The van der Waals surface area contributed by atoms with Gasteiger partial charge in [0, 0.05) is 5.56 Å². The number of hydrogen-bond donors (Lipinski definition) is 1. The van der Waals surface area contributed by atoms with Crippen molar-refractivity contribution >= 4 is 29.7 Å². The molecule has 0 aromatic heterocycles. The molecular weight excluding hydrogens is 440 g/mol. The first kappa shape index (κ1) is 24.0. The number of halogens is 1. The molecule has 0 atom stereocenters. The molecule has 3 rings (SSSR count). The van der Waals surface area contributed by atoms with Crippen LogP contribution in [0.4, 0.5) is 0 Å². The topological polar surface area (TPSA) is 77.0 Å². The van der Waals surface area contributed by atoms with Gasteiger partial charge in [-0.05, 0) is 59.0 Å². The van der Waals surface area contributed by atoms with Gasteiger partial charge in [-0.2, -0.15) is 5.10 Å². The highest BCUT2D eigenvalue weighted by Gasteiger charge is 2.16. The molecule has 0 spiro atoms. The maximum atomic E-state index is 12.4. The van der Waals surface area contributed by atoms with Crippen LogP contribution in [0.3, 0.4) is 0 Å². The molecule has 0 saturated heterocycles. The highest BCUT2D eigenvalue weighted by Crippen LogP contribution is 2.29. The normalized spacial score (nSPS) is 11.3. The summed E-state index contributed by atoms with van der Waals surface area (Å²) in [6.07, 6.45) is 1.48. The number of nitrogens with zero attached hydrogens (tertiary/aromatic N) is 1. The lowest BCUT2D eigenvalue weighted by Gasteiger charge is -2.18. The van der Waals surface area contributed by atoms with Crippen LogP contribution in [0.5, 0.6) is 11.5 Å². The van der Waals surface area contributed by atoms with E-state index in [1.165, 1.54) is 13.3 Å². The lowest BCUT2D eigenvalue weighted by molar-refractivity contribution is 0.0729. The van der Waals surface area contributed by atoms with Crippen molar-refractivity contribution in [3.63, 3.8) is 0 Å². The van der Waals surface area contributed by atoms with Crippen LogP contribution in [0.1, 0.15) is 52.6 Å². The van der Waals surface area contributed by atoms with Crippen LogP contribution in [0, 0.1) is 0 Å². The maximum absolute atomic E-state index is 12.4. The number of methoxy groups -OCH3 is 1. The molecule has 0 saturated carbocycles. The Labute approximate surface area is 198 Å². The monoisotopic (exact) mass is 464 g/mol. The minimum absolute atomic E-state index is 0.0140. The van der Waals surface area contributed by atoms with Gasteiger partial charge in [0.25, 0.3) is 5.91 Å². The fourth-order valence-corrected chi connectivity index (χ4v) is 3.19. The number of carbonyl (C=O) groups excluding carboxylic acids is 2. The zero-order chi connectivity index (χ0) is 24.0. The lowest BCUT2D eigenvalue weighted by atomic mass is 9.87. The predicted molar refractivity (Wildman–Crippen MR) is 130 cm³/mol. The Morgan fingerprint density at radius 2 is 1.67 bits per heavy atom. The van der Waals surface area contributed by atoms with Crippen molar-refractivity contribution in [2.75, 3.05) is 7.11 Å². The average molecular weight is 465 g/mol. The predicted octanol–water partition coefficient (Wildman–Crippen LogP) is 5.63. The van der Waals surface area contributed by atoms with Gasteiger partial charge in [-0.15, -0.1) is 0 Å². The van der Waals surface area contributed by atoms with Crippen molar-refractivity contribution < 1.29 is 19.1 Å². The Balaban J connectivity index is 1.66. The van der Waals surface area contributed by atoms with E-state index in [1.807, 2.05) is 12.1 Å². The number of carbonyl (C=O) groups is 2. The van der Waals surface area contributed by atoms with Crippen LogP contribution < -0.4 is 14.9 Å². The Kier molecular flexibility index (Phi) is 7.51. The van der Waals surface area contributed by atoms with E-state index in [9.17, 15) is 9.59 Å². The van der Waals surface area contributed by atoms with Crippen LogP contribution in [0.15, 0.2) is 71.8 Å². The van der Waals surface area contributed by atoms with Gasteiger partial charge in [0.1, 0.15) is 0 Å². The third-order valence-electron chi connectivity index (χ3n) is 4.88. The van der Waals surface area contributed by atoms with Gasteiger partial charge in [0.2, 0.25) is 0 Å². The molecule has 1 amide bonds. The second-order valence-corrected chi connectivity index (χ2v) is 8.71. The van der Waals surface area contributed by atoms with E-state index < -0.39 is 5.97 Å². The number of nitrogens with one attached hydrogen (secondary N) is 1. The molecule has 0 aliphatic carbocycles. The molecular formula is C26H25ClN2O4. The van der Waals surface area contributed by atoms with Crippen LogP contribution in [-0.4, -0.2) is 25.2 Å². The molecule has 7 heteroatoms. The lowest BCUT2D eigenvalue weighted by Crippen LogP contribution is -2.18. The number of benzene rings is 3. The van der Waals surface area contributed by atoms with E-state index in [0.29, 0.717) is 21.9 Å². The molecule has 3 aromatic rings. The first-order chi connectivity index (χ1) is 15.7. The molecule has 1 N–H and O–H groups in total. The summed E-state index contributed by atoms with van der Waals surface area (Å²) in [6.45, 7) is 6.34. The summed E-state index contributed by atoms with van der Waals surface area (Å²) in [6, 6.07) is 19.0. The van der Waals surface area contributed by atoms with Crippen molar-refractivity contribution in [1.29, 1.82) is 0 Å². The highest BCUT2D eigenvalue weighted by molar-refractivity contribution is 6.33. The van der Waals surface area contributed by atoms with Crippen LogP contribution >= 0.6 is 11.6 Å². The number of hydrazone groups is 1. The summed E-state index contributed by atoms with van der Waals surface area (Å²) in [5, 5.41) is 4.31. The van der Waals surface area contributed by atoms with Gasteiger partial charge < -0.3 is 9.47 Å². The standard InChI is InChI=1S/C26H25ClN2O4/c1-26(2,3)19-12-10-18(11-13-19)24(30)29-28-16-17-9-14-22(23(15-17)32-4)33-25(31)20-7-5-6-8-21(20)27/h5-16H,1-4H3,(H,29,30)/b28-16-. The quantitative estimate of drug-likeness (QED) is 0.222. The summed E-state index contributed by atoms with van der Waals surface area (Å²) in [4.78, 5) is 24.7. The third-order valence-corrected chi connectivity index (χ3v) is 5.21. The molecule has 170 valence electrons. The summed E-state index contributed by atoms with van der Waals surface area (Å²) < 4.78 is 10.8. The van der Waals surface area contributed by atoms with Crippen molar-refractivity contribution in [2.45, 2.75) is 26.2 Å². The summed E-state index contributed by atoms with van der Waals surface area (Å²) in [7, 11) is 1.46. The Bertz CT molecular complexity index is 1180. The number of amides is 1. The molecule has 33 heavy (non-hydrogen) atoms. The second kappa shape index (κ2) is 10.3. The van der Waals surface area contributed by atoms with E-state index in [1.54, 1.807) is 54.6 Å². The zero-order valence-electron chi connectivity index (χ0n) is 18.9. The van der Waals surface area contributed by atoms with Gasteiger partial charge in [-0.3, -0.25) is 4.79 Å². The van der Waals surface area contributed by atoms with Gasteiger partial charge in [0.05, 0.1) is 23.9 Å². The van der Waals surface area contributed by atoms with Crippen LogP contribution in [0.25, 0.3) is 0 Å². The Morgan fingerprint density at radius 1 is 0.970 bits per heavy atom. The highest BCUT2D eigenvalue weighted by atomic mass is 35.5. The largest absolute Gasteiger partial charge is 0.493 e. The molecule has 0 heterocycles. The van der Waals surface area contributed by atoms with Crippen molar-refractivity contribution in [1.82, 2.24) is 5.43 Å². The van der Waals surface area contributed by atoms with E-state index in [-0.39, 0.29) is 22.6 Å². The summed E-state index contributed by atoms with van der Waals surface area (Å²) >= 11 is 6.05. The van der Waals surface area contributed by atoms with Gasteiger partial charge in [0.15, 0.2) is 11.5 Å². The van der Waals surface area contributed by atoms with Gasteiger partial charge in [-0.25, -0.2) is 10.2 Å². The van der Waals surface area contributed by atoms with Crippen molar-refractivity contribution in [3.05, 3.63) is 94.0 Å². The number of ether oxygens (including phenoxy) is 2. The van der Waals surface area contributed by atoms with E-state index in [2.05, 4.69) is 31.3 Å². The fourth-order valence-electron chi connectivity index (χ4n) is 2.98. The van der Waals surface area contributed by atoms with Gasteiger partial charge in [-0.1, -0.05) is 56.6 Å². The zero-order valence-corrected chi connectivity index (χ0v) is 19.6. The van der Waals surface area contributed by atoms with Crippen LogP contribution in [0.2, 0.25) is 5.02 Å². The minimum Gasteiger partial charge on any atom is -0.493 e. The third kappa shape index (κ3) is 6.20. The average Bonchev–Trinajstić information content (AvgIpc) is 2.79. The van der Waals surface area contributed by atoms with Crippen LogP contribution in [-0.2, 0) is 5.41 Å². The molecule has 6 nitrogen and oxygen atoms in total. The summed E-state index contributed by atoms with van der Waals surface area (Å²) in [5.74, 6) is -0.333. The second-order valence-electron chi connectivity index (χ2n) is 8.31. The first-order valence-electron chi connectivity index (χ1n) is 10.3. The molecule has 0 aliphatic heterocycles. The van der Waals surface area contributed by atoms with E-state index >= 15 is 0 Å². The van der Waals surface area contributed by atoms with Crippen molar-refractivity contribution in [2.24, 2.45) is 5.10 Å².